The highest BCUT2D eigenvalue weighted by molar-refractivity contribution is 7.99. The summed E-state index contributed by atoms with van der Waals surface area (Å²) in [4.78, 5) is 11.5. The van der Waals surface area contributed by atoms with Crippen LogP contribution >= 0.6 is 11.8 Å². The molecule has 2 rings (SSSR count). The molecular weight excluding hydrogens is 310 g/mol. The van der Waals surface area contributed by atoms with Crippen molar-refractivity contribution in [1.82, 2.24) is 4.72 Å². The van der Waals surface area contributed by atoms with Gasteiger partial charge in [-0.3, -0.25) is 4.79 Å². The molecular formula is C14H19NO4S2. The molecule has 1 N–H and O–H groups in total. The number of hydrogen-bond donors (Lipinski definition) is 1. The van der Waals surface area contributed by atoms with Crippen LogP contribution in [-0.2, 0) is 14.8 Å². The molecule has 1 fully saturated rings. The van der Waals surface area contributed by atoms with Crippen LogP contribution in [0.3, 0.4) is 0 Å². The Labute approximate surface area is 129 Å². The van der Waals surface area contributed by atoms with E-state index in [4.69, 9.17) is 4.74 Å². The molecule has 7 heteroatoms. The molecule has 0 bridgehead atoms. The Morgan fingerprint density at radius 1 is 1.48 bits per heavy atom. The van der Waals surface area contributed by atoms with Crippen LogP contribution in [-0.4, -0.2) is 45.0 Å². The van der Waals surface area contributed by atoms with Gasteiger partial charge in [-0.15, -0.1) is 0 Å². The Morgan fingerprint density at radius 2 is 2.24 bits per heavy atom. The first-order valence-corrected chi connectivity index (χ1v) is 9.26. The number of carbonyl (C=O) groups excluding carboxylic acids is 1. The maximum absolute atomic E-state index is 12.3. The summed E-state index contributed by atoms with van der Waals surface area (Å²) < 4.78 is 32.8. The molecule has 0 saturated carbocycles. The van der Waals surface area contributed by atoms with E-state index in [-0.39, 0.29) is 17.2 Å². The van der Waals surface area contributed by atoms with Crippen LogP contribution in [0.15, 0.2) is 29.2 Å². The summed E-state index contributed by atoms with van der Waals surface area (Å²) in [6.45, 7) is 1.65. The number of benzene rings is 1. The lowest BCUT2D eigenvalue weighted by Crippen LogP contribution is -2.44. The fourth-order valence-electron chi connectivity index (χ4n) is 2.15. The highest BCUT2D eigenvalue weighted by atomic mass is 32.2. The van der Waals surface area contributed by atoms with Crippen molar-refractivity contribution in [2.45, 2.75) is 23.8 Å². The topological polar surface area (TPSA) is 72.5 Å². The summed E-state index contributed by atoms with van der Waals surface area (Å²) in [6, 6.07) is 6.06. The van der Waals surface area contributed by atoms with Crippen molar-refractivity contribution in [2.24, 2.45) is 0 Å². The van der Waals surface area contributed by atoms with Crippen molar-refractivity contribution in [3.8, 4) is 0 Å². The number of sulfonamides is 1. The van der Waals surface area contributed by atoms with Gasteiger partial charge < -0.3 is 4.74 Å². The van der Waals surface area contributed by atoms with Gasteiger partial charge in [-0.2, -0.15) is 11.8 Å². The molecule has 0 unspecified atom stereocenters. The van der Waals surface area contributed by atoms with E-state index in [1.165, 1.54) is 19.1 Å². The Bertz CT molecular complexity index is 622. The summed E-state index contributed by atoms with van der Waals surface area (Å²) in [6.07, 6.45) is 0.824. The molecule has 0 aromatic heterocycles. The van der Waals surface area contributed by atoms with Gasteiger partial charge in [-0.1, -0.05) is 12.1 Å². The number of methoxy groups -OCH3 is 1. The number of ketones is 1. The lowest BCUT2D eigenvalue weighted by atomic mass is 10.0. The number of hydrogen-bond acceptors (Lipinski definition) is 5. The Hall–Kier alpha value is -0.890. The second-order valence-corrected chi connectivity index (χ2v) is 7.97. The molecule has 21 heavy (non-hydrogen) atoms. The number of thioether (sulfide) groups is 1. The Morgan fingerprint density at radius 3 is 2.81 bits per heavy atom. The van der Waals surface area contributed by atoms with E-state index in [9.17, 15) is 13.2 Å². The van der Waals surface area contributed by atoms with Crippen LogP contribution in [0.5, 0.6) is 0 Å². The summed E-state index contributed by atoms with van der Waals surface area (Å²) in [7, 11) is -2.04. The number of nitrogens with one attached hydrogen (secondary N) is 1. The van der Waals surface area contributed by atoms with E-state index in [1.54, 1.807) is 31.0 Å². The molecule has 1 aromatic rings. The number of rotatable bonds is 6. The molecule has 116 valence electrons. The number of ether oxygens (including phenoxy) is 1. The van der Waals surface area contributed by atoms with Crippen molar-refractivity contribution in [3.63, 3.8) is 0 Å². The Kier molecular flexibility index (Phi) is 5.08. The zero-order chi connectivity index (χ0) is 15.5. The van der Waals surface area contributed by atoms with Crippen molar-refractivity contribution < 1.29 is 17.9 Å². The first-order chi connectivity index (χ1) is 9.88. The van der Waals surface area contributed by atoms with Gasteiger partial charge >= 0.3 is 0 Å². The Balaban J connectivity index is 2.15. The van der Waals surface area contributed by atoms with Crippen molar-refractivity contribution >= 4 is 27.6 Å². The third-order valence-corrected chi connectivity index (χ3v) is 6.26. The normalized spacial score (nSPS) is 22.4. The van der Waals surface area contributed by atoms with E-state index >= 15 is 0 Å². The molecule has 1 atom stereocenters. The molecule has 0 radical (unpaired) electrons. The summed E-state index contributed by atoms with van der Waals surface area (Å²) in [5, 5.41) is 0. The molecule has 1 heterocycles. The van der Waals surface area contributed by atoms with Crippen molar-refractivity contribution in [3.05, 3.63) is 29.8 Å². The van der Waals surface area contributed by atoms with Gasteiger partial charge in [-0.25, -0.2) is 13.1 Å². The van der Waals surface area contributed by atoms with Crippen LogP contribution in [0, 0.1) is 0 Å². The smallest absolute Gasteiger partial charge is 0.240 e. The first-order valence-electron chi connectivity index (χ1n) is 6.62. The number of carbonyl (C=O) groups is 1. The maximum Gasteiger partial charge on any atom is 0.240 e. The van der Waals surface area contributed by atoms with Crippen LogP contribution < -0.4 is 4.72 Å². The van der Waals surface area contributed by atoms with E-state index in [2.05, 4.69) is 4.72 Å². The predicted molar refractivity (Wildman–Crippen MR) is 83.3 cm³/mol. The minimum Gasteiger partial charge on any atom is -0.376 e. The molecule has 5 nitrogen and oxygen atoms in total. The lowest BCUT2D eigenvalue weighted by Gasteiger charge is -2.26. The molecule has 0 amide bonds. The zero-order valence-corrected chi connectivity index (χ0v) is 13.7. The minimum absolute atomic E-state index is 0.104. The maximum atomic E-state index is 12.3. The molecule has 1 aliphatic heterocycles. The highest BCUT2D eigenvalue weighted by Gasteiger charge is 2.35. The van der Waals surface area contributed by atoms with Gasteiger partial charge in [0, 0.05) is 25.0 Å². The fraction of sp³-hybridized carbons (Fsp3) is 0.500. The zero-order valence-electron chi connectivity index (χ0n) is 12.1. The van der Waals surface area contributed by atoms with E-state index in [1.807, 2.05) is 0 Å². The van der Waals surface area contributed by atoms with E-state index in [0.717, 1.165) is 17.9 Å². The molecule has 0 spiro atoms. The van der Waals surface area contributed by atoms with Gasteiger partial charge in [0.1, 0.15) is 0 Å². The predicted octanol–water partition coefficient (Wildman–Crippen LogP) is 1.69. The molecule has 0 aliphatic carbocycles. The van der Waals surface area contributed by atoms with Gasteiger partial charge in [0.05, 0.1) is 10.5 Å². The van der Waals surface area contributed by atoms with Gasteiger partial charge in [0.25, 0.3) is 0 Å². The summed E-state index contributed by atoms with van der Waals surface area (Å²) in [5.41, 5.74) is -0.0496. The van der Waals surface area contributed by atoms with Crippen LogP contribution in [0.1, 0.15) is 23.7 Å². The SMILES string of the molecule is CO[C@@]1(CNS(=O)(=O)c2cccc(C(C)=O)c2)CCSC1. The van der Waals surface area contributed by atoms with Crippen molar-refractivity contribution in [2.75, 3.05) is 25.2 Å². The standard InChI is InChI=1S/C14H19NO4S2/c1-11(16)12-4-3-5-13(8-12)21(17,18)15-9-14(19-2)6-7-20-10-14/h3-5,8,15H,6-7,9-10H2,1-2H3/t14-/m1/s1. The fourth-order valence-corrected chi connectivity index (χ4v) is 4.71. The summed E-state index contributed by atoms with van der Waals surface area (Å²) in [5.74, 6) is 1.59. The average Bonchev–Trinajstić information content (AvgIpc) is 2.95. The lowest BCUT2D eigenvalue weighted by molar-refractivity contribution is 0.0179. The van der Waals surface area contributed by atoms with Crippen molar-refractivity contribution in [1.29, 1.82) is 0 Å². The van der Waals surface area contributed by atoms with Crippen LogP contribution in [0.25, 0.3) is 0 Å². The monoisotopic (exact) mass is 329 g/mol. The summed E-state index contributed by atoms with van der Waals surface area (Å²) >= 11 is 1.75. The highest BCUT2D eigenvalue weighted by Crippen LogP contribution is 2.30. The third kappa shape index (κ3) is 3.85. The van der Waals surface area contributed by atoms with Crippen LogP contribution in [0.4, 0.5) is 0 Å². The molecule has 1 aromatic carbocycles. The second kappa shape index (κ2) is 6.48. The van der Waals surface area contributed by atoms with Gasteiger partial charge in [0.15, 0.2) is 5.78 Å². The van der Waals surface area contributed by atoms with Gasteiger partial charge in [-0.05, 0) is 31.2 Å². The molecule has 1 saturated heterocycles. The van der Waals surface area contributed by atoms with Gasteiger partial charge in [0.2, 0.25) is 10.0 Å². The molecule has 1 aliphatic rings. The average molecular weight is 329 g/mol. The van der Waals surface area contributed by atoms with Crippen LogP contribution in [0.2, 0.25) is 0 Å². The number of Topliss-reactive ketones (excluding diaryl/α,β-unsaturated/α-hetero) is 1. The first kappa shape index (κ1) is 16.5. The minimum atomic E-state index is -3.64. The van der Waals surface area contributed by atoms with E-state index < -0.39 is 15.6 Å². The largest absolute Gasteiger partial charge is 0.376 e. The quantitative estimate of drug-likeness (QED) is 0.804. The van der Waals surface area contributed by atoms with E-state index in [0.29, 0.717) is 5.56 Å². The second-order valence-electron chi connectivity index (χ2n) is 5.10. The third-order valence-electron chi connectivity index (χ3n) is 3.64.